The van der Waals surface area contributed by atoms with Gasteiger partial charge in [0.15, 0.2) is 0 Å². The third kappa shape index (κ3) is 12.1. The summed E-state index contributed by atoms with van der Waals surface area (Å²) >= 11 is 0. The van der Waals surface area contributed by atoms with Gasteiger partial charge in [-0.3, -0.25) is 4.55 Å². The van der Waals surface area contributed by atoms with E-state index in [-0.39, 0.29) is 35.3 Å². The molecule has 51 valence electrons. The molecule has 0 amide bonds. The van der Waals surface area contributed by atoms with Crippen LogP contribution < -0.4 is 5.32 Å². The Bertz CT molecular complexity index is 143. The van der Waals surface area contributed by atoms with Crippen LogP contribution in [0.2, 0.25) is 0 Å². The van der Waals surface area contributed by atoms with Crippen LogP contribution in [0.15, 0.2) is 0 Å². The Balaban J connectivity index is 0. The molecule has 6 heteroatoms. The maximum Gasteiger partial charge on any atom is 0.266 e. The smallest absolute Gasteiger partial charge is 0.266 e. The maximum absolute atomic E-state index is 9.91. The Morgan fingerprint density at radius 2 is 2.00 bits per heavy atom. The second-order valence-corrected chi connectivity index (χ2v) is 2.96. The molecule has 0 fully saturated rings. The predicted molar refractivity (Wildman–Crippen MR) is 36.1 cm³/mol. The summed E-state index contributed by atoms with van der Waals surface area (Å²) in [7, 11) is -2.13. The van der Waals surface area contributed by atoms with Crippen molar-refractivity contribution in [1.82, 2.24) is 5.32 Å². The molecule has 0 atom stereocenters. The average molecular weight is 162 g/mol. The molecule has 0 bridgehead atoms. The fraction of sp³-hybridized carbons (Fsp3) is 1.00. The Morgan fingerprint density at radius 1 is 1.56 bits per heavy atom. The summed E-state index contributed by atoms with van der Waals surface area (Å²) in [6, 6.07) is 0. The molecule has 4 nitrogen and oxygen atoms in total. The van der Waals surface area contributed by atoms with Gasteiger partial charge in [0.1, 0.15) is 0 Å². The van der Waals surface area contributed by atoms with Crippen LogP contribution in [-0.2, 0) is 10.1 Å². The van der Waals surface area contributed by atoms with Gasteiger partial charge in [-0.1, -0.05) is 0 Å². The van der Waals surface area contributed by atoms with Gasteiger partial charge in [-0.05, 0) is 7.05 Å². The summed E-state index contributed by atoms with van der Waals surface area (Å²) in [6.45, 7) is 0.291. The molecule has 0 aliphatic heterocycles. The van der Waals surface area contributed by atoms with Crippen LogP contribution in [0.25, 0.3) is 0 Å². The van der Waals surface area contributed by atoms with Crippen LogP contribution in [-0.4, -0.2) is 61.9 Å². The van der Waals surface area contributed by atoms with Gasteiger partial charge in [0.25, 0.3) is 10.1 Å². The third-order valence-electron chi connectivity index (χ3n) is 0.610. The van der Waals surface area contributed by atoms with Crippen molar-refractivity contribution in [1.29, 1.82) is 0 Å². The summed E-state index contributed by atoms with van der Waals surface area (Å²) in [6.07, 6.45) is 0. The molecule has 0 spiro atoms. The summed E-state index contributed by atoms with van der Waals surface area (Å²) < 4.78 is 27.9. The minimum atomic E-state index is -3.75. The second kappa shape index (κ2) is 5.64. The van der Waals surface area contributed by atoms with E-state index in [0.29, 0.717) is 6.54 Å². The largest absolute Gasteiger partial charge is 0.319 e. The Hall–Kier alpha value is 0.870. The molecular weight excluding hydrogens is 153 g/mol. The van der Waals surface area contributed by atoms with Gasteiger partial charge in [0.05, 0.1) is 5.75 Å². The predicted octanol–water partition coefficient (Wildman–Crippen LogP) is -1.29. The van der Waals surface area contributed by atoms with Crippen LogP contribution in [0, 0.1) is 0 Å². The third-order valence-corrected chi connectivity index (χ3v) is 1.33. The van der Waals surface area contributed by atoms with Crippen molar-refractivity contribution in [3.63, 3.8) is 0 Å². The quantitative estimate of drug-likeness (QED) is 0.400. The number of hydrogen-bond donors (Lipinski definition) is 2. The van der Waals surface area contributed by atoms with Gasteiger partial charge >= 0.3 is 0 Å². The first-order chi connectivity index (χ1) is 3.56. The van der Waals surface area contributed by atoms with Gasteiger partial charge in [-0.25, -0.2) is 0 Å². The SMILES string of the molecule is CNCCS(=O)(=O)O.[Na]. The minimum absolute atomic E-state index is 0. The van der Waals surface area contributed by atoms with E-state index in [9.17, 15) is 8.42 Å². The van der Waals surface area contributed by atoms with E-state index in [1.165, 1.54) is 0 Å². The van der Waals surface area contributed by atoms with Crippen LogP contribution >= 0.6 is 0 Å². The van der Waals surface area contributed by atoms with Gasteiger partial charge < -0.3 is 5.32 Å². The van der Waals surface area contributed by atoms with Crippen molar-refractivity contribution in [2.24, 2.45) is 0 Å². The first-order valence-electron chi connectivity index (χ1n) is 2.16. The molecule has 0 heterocycles. The van der Waals surface area contributed by atoms with E-state index >= 15 is 0 Å². The molecule has 0 aliphatic rings. The molecule has 0 aromatic heterocycles. The Labute approximate surface area is 77.1 Å². The molecule has 0 aromatic rings. The summed E-state index contributed by atoms with van der Waals surface area (Å²) in [5.74, 6) is -0.219. The number of nitrogens with one attached hydrogen (secondary N) is 1. The van der Waals surface area contributed by atoms with E-state index in [2.05, 4.69) is 5.32 Å². The van der Waals surface area contributed by atoms with Gasteiger partial charge in [0.2, 0.25) is 0 Å². The van der Waals surface area contributed by atoms with Gasteiger partial charge in [-0.15, -0.1) is 0 Å². The van der Waals surface area contributed by atoms with E-state index < -0.39 is 10.1 Å². The van der Waals surface area contributed by atoms with Crippen molar-refractivity contribution < 1.29 is 13.0 Å². The Kier molecular flexibility index (Phi) is 7.86. The molecule has 1 radical (unpaired) electrons. The zero-order chi connectivity index (χ0) is 6.62. The van der Waals surface area contributed by atoms with E-state index in [1.54, 1.807) is 7.05 Å². The van der Waals surface area contributed by atoms with Crippen molar-refractivity contribution in [3.05, 3.63) is 0 Å². The molecular formula is C3H9NNaO3S. The van der Waals surface area contributed by atoms with Gasteiger partial charge in [0, 0.05) is 36.1 Å². The van der Waals surface area contributed by atoms with Crippen molar-refractivity contribution in [3.8, 4) is 0 Å². The topological polar surface area (TPSA) is 66.4 Å². The summed E-state index contributed by atoms with van der Waals surface area (Å²) in [5, 5.41) is 2.59. The molecule has 0 aliphatic carbocycles. The molecule has 0 saturated heterocycles. The monoisotopic (exact) mass is 162 g/mol. The van der Waals surface area contributed by atoms with E-state index in [0.717, 1.165) is 0 Å². The normalized spacial score (nSPS) is 10.4. The van der Waals surface area contributed by atoms with E-state index in [1.807, 2.05) is 0 Å². The molecule has 0 saturated carbocycles. The van der Waals surface area contributed by atoms with Crippen molar-refractivity contribution >= 4 is 39.7 Å². The summed E-state index contributed by atoms with van der Waals surface area (Å²) in [5.41, 5.74) is 0. The Morgan fingerprint density at radius 3 is 2.11 bits per heavy atom. The standard InChI is InChI=1S/C3H9NO3S.Na/c1-4-2-3-8(5,6)7;/h4H,2-3H2,1H3,(H,5,6,7);. The fourth-order valence-corrected chi connectivity index (χ4v) is 0.693. The van der Waals surface area contributed by atoms with Crippen molar-refractivity contribution in [2.75, 3.05) is 19.3 Å². The summed E-state index contributed by atoms with van der Waals surface area (Å²) in [4.78, 5) is 0. The number of rotatable bonds is 3. The van der Waals surface area contributed by atoms with Crippen LogP contribution in [0.3, 0.4) is 0 Å². The number of hydrogen-bond acceptors (Lipinski definition) is 3. The fourth-order valence-electron chi connectivity index (χ4n) is 0.231. The minimum Gasteiger partial charge on any atom is -0.319 e. The first-order valence-corrected chi connectivity index (χ1v) is 3.77. The molecule has 2 N–H and O–H groups in total. The van der Waals surface area contributed by atoms with Crippen molar-refractivity contribution in [2.45, 2.75) is 0 Å². The first kappa shape index (κ1) is 12.5. The molecule has 0 rings (SSSR count). The molecule has 0 aromatic carbocycles. The maximum atomic E-state index is 9.91. The van der Waals surface area contributed by atoms with Crippen LogP contribution in [0.5, 0.6) is 0 Å². The van der Waals surface area contributed by atoms with Crippen LogP contribution in [0.4, 0.5) is 0 Å². The van der Waals surface area contributed by atoms with Gasteiger partial charge in [-0.2, -0.15) is 8.42 Å². The molecule has 9 heavy (non-hydrogen) atoms. The zero-order valence-electron chi connectivity index (χ0n) is 5.59. The van der Waals surface area contributed by atoms with E-state index in [4.69, 9.17) is 4.55 Å². The average Bonchev–Trinajstić information content (AvgIpc) is 1.59. The zero-order valence-corrected chi connectivity index (χ0v) is 8.40. The van der Waals surface area contributed by atoms with Crippen LogP contribution in [0.1, 0.15) is 0 Å². The second-order valence-electron chi connectivity index (χ2n) is 1.39. The molecule has 0 unspecified atom stereocenters.